The summed E-state index contributed by atoms with van der Waals surface area (Å²) in [5, 5.41) is 37.0. The maximum atomic E-state index is 11.2. The highest BCUT2D eigenvalue weighted by Gasteiger charge is 2.29. The molecule has 0 fully saturated rings. The van der Waals surface area contributed by atoms with Crippen molar-refractivity contribution in [3.8, 4) is 0 Å². The van der Waals surface area contributed by atoms with Crippen LogP contribution in [0.25, 0.3) is 0 Å². The van der Waals surface area contributed by atoms with Crippen LogP contribution in [0.5, 0.6) is 0 Å². The summed E-state index contributed by atoms with van der Waals surface area (Å²) in [6, 6.07) is 1.32. The molecule has 0 bridgehead atoms. The number of rotatable bonds is 5. The Kier molecular flexibility index (Phi) is 4.41. The lowest BCUT2D eigenvalue weighted by molar-refractivity contribution is -0.0837. The fourth-order valence-electron chi connectivity index (χ4n) is 1.49. The van der Waals surface area contributed by atoms with Gasteiger partial charge in [0.1, 0.15) is 29.8 Å². The fraction of sp³-hybridized carbons (Fsp3) is 0.545. The molecular weight excluding hydrogens is 228 g/mol. The van der Waals surface area contributed by atoms with Crippen molar-refractivity contribution in [3.05, 3.63) is 23.2 Å². The first-order chi connectivity index (χ1) is 7.88. The summed E-state index contributed by atoms with van der Waals surface area (Å²) in [4.78, 5) is 11.2. The van der Waals surface area contributed by atoms with Crippen molar-refractivity contribution in [2.45, 2.75) is 32.2 Å². The topological polar surface area (TPSA) is 111 Å². The molecule has 0 aliphatic carbocycles. The van der Waals surface area contributed by atoms with Gasteiger partial charge in [-0.1, -0.05) is 0 Å². The molecule has 0 radical (unpaired) electrons. The standard InChI is InChI=1S/C11H16O6/c1-5(13)7-3-9(17-6(7)2)11(16)10(15)8(14)4-12/h3,8,10-12,14-16H,4H2,1-2H3/t8-,10-,11-/m1/s1. The molecule has 3 atom stereocenters. The second-order valence-electron chi connectivity index (χ2n) is 3.86. The lowest BCUT2D eigenvalue weighted by atomic mass is 10.1. The molecule has 0 aliphatic rings. The van der Waals surface area contributed by atoms with Crippen LogP contribution in [0, 0.1) is 6.92 Å². The van der Waals surface area contributed by atoms with Gasteiger partial charge in [0.05, 0.1) is 12.2 Å². The molecule has 1 heterocycles. The number of Topliss-reactive ketones (excluding diaryl/α,β-unsaturated/α-hetero) is 1. The van der Waals surface area contributed by atoms with Gasteiger partial charge in [-0.3, -0.25) is 4.79 Å². The molecule has 4 N–H and O–H groups in total. The zero-order chi connectivity index (χ0) is 13.2. The Morgan fingerprint density at radius 3 is 2.41 bits per heavy atom. The van der Waals surface area contributed by atoms with Gasteiger partial charge in [-0.2, -0.15) is 0 Å². The van der Waals surface area contributed by atoms with E-state index in [9.17, 15) is 20.1 Å². The number of hydrogen-bond donors (Lipinski definition) is 4. The molecule has 96 valence electrons. The van der Waals surface area contributed by atoms with Crippen molar-refractivity contribution in [2.75, 3.05) is 6.61 Å². The van der Waals surface area contributed by atoms with E-state index >= 15 is 0 Å². The highest BCUT2D eigenvalue weighted by Crippen LogP contribution is 2.24. The van der Waals surface area contributed by atoms with Crippen molar-refractivity contribution in [1.29, 1.82) is 0 Å². The third-order valence-corrected chi connectivity index (χ3v) is 2.51. The first kappa shape index (κ1) is 13.9. The van der Waals surface area contributed by atoms with Gasteiger partial charge in [0.15, 0.2) is 5.78 Å². The molecule has 6 nitrogen and oxygen atoms in total. The number of carbonyl (C=O) groups is 1. The molecule has 1 aromatic heterocycles. The number of carbonyl (C=O) groups excluding carboxylic acids is 1. The maximum Gasteiger partial charge on any atom is 0.163 e. The summed E-state index contributed by atoms with van der Waals surface area (Å²) in [6.45, 7) is 2.23. The Bertz CT molecular complexity index is 397. The molecule has 1 aromatic rings. The lowest BCUT2D eigenvalue weighted by Gasteiger charge is -2.19. The smallest absolute Gasteiger partial charge is 0.163 e. The van der Waals surface area contributed by atoms with Crippen LogP contribution in [0.2, 0.25) is 0 Å². The monoisotopic (exact) mass is 244 g/mol. The maximum absolute atomic E-state index is 11.2. The Morgan fingerprint density at radius 2 is 2.00 bits per heavy atom. The third kappa shape index (κ3) is 2.92. The number of aliphatic hydroxyl groups excluding tert-OH is 4. The molecule has 0 aliphatic heterocycles. The zero-order valence-corrected chi connectivity index (χ0v) is 9.62. The van der Waals surface area contributed by atoms with E-state index in [1.54, 1.807) is 6.92 Å². The van der Waals surface area contributed by atoms with Crippen LogP contribution in [-0.4, -0.2) is 45.0 Å². The van der Waals surface area contributed by atoms with Crippen LogP contribution in [0.15, 0.2) is 10.5 Å². The van der Waals surface area contributed by atoms with Gasteiger partial charge in [-0.05, 0) is 19.9 Å². The molecule has 0 saturated carbocycles. The summed E-state index contributed by atoms with van der Waals surface area (Å²) in [5.41, 5.74) is 0.310. The Hall–Kier alpha value is -1.21. The summed E-state index contributed by atoms with van der Waals surface area (Å²) in [7, 11) is 0. The van der Waals surface area contributed by atoms with E-state index in [0.717, 1.165) is 0 Å². The quantitative estimate of drug-likeness (QED) is 0.521. The normalized spacial score (nSPS) is 16.6. The second kappa shape index (κ2) is 5.42. The summed E-state index contributed by atoms with van der Waals surface area (Å²) in [5.74, 6) is 0.0897. The lowest BCUT2D eigenvalue weighted by Crippen LogP contribution is -2.34. The average molecular weight is 244 g/mol. The van der Waals surface area contributed by atoms with Crippen LogP contribution in [0.4, 0.5) is 0 Å². The van der Waals surface area contributed by atoms with Crippen molar-refractivity contribution in [1.82, 2.24) is 0 Å². The Labute approximate surface area is 98.1 Å². The Balaban J connectivity index is 2.93. The van der Waals surface area contributed by atoms with E-state index in [-0.39, 0.29) is 11.5 Å². The predicted octanol–water partition coefficient (Wildman–Crippen LogP) is -0.462. The van der Waals surface area contributed by atoms with E-state index in [1.807, 2.05) is 0 Å². The van der Waals surface area contributed by atoms with E-state index in [2.05, 4.69) is 0 Å². The highest BCUT2D eigenvalue weighted by atomic mass is 16.4. The van der Waals surface area contributed by atoms with E-state index < -0.39 is 24.9 Å². The minimum atomic E-state index is -1.58. The molecule has 0 spiro atoms. The number of hydrogen-bond acceptors (Lipinski definition) is 6. The summed E-state index contributed by atoms with van der Waals surface area (Å²) < 4.78 is 5.13. The molecule has 0 aromatic carbocycles. The Morgan fingerprint density at radius 1 is 1.41 bits per heavy atom. The molecular formula is C11H16O6. The van der Waals surface area contributed by atoms with Crippen molar-refractivity contribution >= 4 is 5.78 Å². The fourth-order valence-corrected chi connectivity index (χ4v) is 1.49. The van der Waals surface area contributed by atoms with Gasteiger partial charge < -0.3 is 24.8 Å². The molecule has 0 unspecified atom stereocenters. The van der Waals surface area contributed by atoms with E-state index in [0.29, 0.717) is 11.3 Å². The number of ketones is 1. The first-order valence-electron chi connectivity index (χ1n) is 5.14. The predicted molar refractivity (Wildman–Crippen MR) is 57.5 cm³/mol. The third-order valence-electron chi connectivity index (χ3n) is 2.51. The van der Waals surface area contributed by atoms with Crippen LogP contribution >= 0.6 is 0 Å². The van der Waals surface area contributed by atoms with Crippen LogP contribution in [0.3, 0.4) is 0 Å². The van der Waals surface area contributed by atoms with Crippen LogP contribution in [0.1, 0.15) is 34.9 Å². The highest BCUT2D eigenvalue weighted by molar-refractivity contribution is 5.95. The number of furan rings is 1. The van der Waals surface area contributed by atoms with Crippen molar-refractivity contribution < 1.29 is 29.6 Å². The number of aliphatic hydroxyl groups is 4. The average Bonchev–Trinajstić information content (AvgIpc) is 2.68. The van der Waals surface area contributed by atoms with Gasteiger partial charge >= 0.3 is 0 Å². The zero-order valence-electron chi connectivity index (χ0n) is 9.62. The van der Waals surface area contributed by atoms with E-state index in [4.69, 9.17) is 9.52 Å². The minimum absolute atomic E-state index is 0.0206. The van der Waals surface area contributed by atoms with Gasteiger partial charge in [0, 0.05) is 0 Å². The van der Waals surface area contributed by atoms with Crippen molar-refractivity contribution in [2.24, 2.45) is 0 Å². The van der Waals surface area contributed by atoms with Crippen molar-refractivity contribution in [3.63, 3.8) is 0 Å². The van der Waals surface area contributed by atoms with Gasteiger partial charge in [-0.15, -0.1) is 0 Å². The largest absolute Gasteiger partial charge is 0.463 e. The van der Waals surface area contributed by atoms with Gasteiger partial charge in [-0.25, -0.2) is 0 Å². The summed E-state index contributed by atoms with van der Waals surface area (Å²) in [6.07, 6.45) is -4.55. The SMILES string of the molecule is CC(=O)c1cc([C@@H](O)[C@H](O)[C@H](O)CO)oc1C. The summed E-state index contributed by atoms with van der Waals surface area (Å²) >= 11 is 0. The molecule has 1 rings (SSSR count). The van der Waals surface area contributed by atoms with Crippen LogP contribution < -0.4 is 0 Å². The van der Waals surface area contributed by atoms with Gasteiger partial charge in [0.25, 0.3) is 0 Å². The minimum Gasteiger partial charge on any atom is -0.463 e. The van der Waals surface area contributed by atoms with Gasteiger partial charge in [0.2, 0.25) is 0 Å². The van der Waals surface area contributed by atoms with E-state index in [1.165, 1.54) is 13.0 Å². The molecule has 0 amide bonds. The molecule has 6 heteroatoms. The first-order valence-corrected chi connectivity index (χ1v) is 5.14. The molecule has 17 heavy (non-hydrogen) atoms. The molecule has 0 saturated heterocycles. The van der Waals surface area contributed by atoms with Crippen LogP contribution in [-0.2, 0) is 0 Å². The number of aryl methyl sites for hydroxylation is 1. The second-order valence-corrected chi connectivity index (χ2v) is 3.86.